The Bertz CT molecular complexity index is 662. The number of ether oxygens (including phenoxy) is 2. The fraction of sp³-hybridized carbons (Fsp3) is 0.368. The molecule has 0 aliphatic rings. The molecule has 0 bridgehead atoms. The smallest absolute Gasteiger partial charge is 0.298 e. The van der Waals surface area contributed by atoms with Gasteiger partial charge >= 0.3 is 0 Å². The van der Waals surface area contributed by atoms with E-state index in [2.05, 4.69) is 0 Å². The maximum absolute atomic E-state index is 14.7. The summed E-state index contributed by atoms with van der Waals surface area (Å²) in [6.45, 7) is 0.337. The molecule has 0 saturated heterocycles. The first-order valence-corrected chi connectivity index (χ1v) is 8.70. The predicted octanol–water partition coefficient (Wildman–Crippen LogP) is 3.57. The highest BCUT2D eigenvalue weighted by Crippen LogP contribution is 2.37. The molecule has 1 atom stereocenters. The van der Waals surface area contributed by atoms with Gasteiger partial charge in [-0.3, -0.25) is 0 Å². The molecule has 1 unspecified atom stereocenters. The summed E-state index contributed by atoms with van der Waals surface area (Å²) in [6, 6.07) is 11.0. The zero-order chi connectivity index (χ0) is 19.0. The van der Waals surface area contributed by atoms with Crippen molar-refractivity contribution in [1.82, 2.24) is 0 Å². The molecule has 7 heteroatoms. The van der Waals surface area contributed by atoms with Gasteiger partial charge in [-0.25, -0.2) is 0 Å². The van der Waals surface area contributed by atoms with Crippen LogP contribution in [0.15, 0.2) is 48.5 Å². The van der Waals surface area contributed by atoms with Crippen LogP contribution < -0.4 is 9.47 Å². The summed E-state index contributed by atoms with van der Waals surface area (Å²) in [7, 11) is 0. The van der Waals surface area contributed by atoms with Gasteiger partial charge in [0.2, 0.25) is 0 Å². The Labute approximate surface area is 155 Å². The number of rotatable bonds is 10. The van der Waals surface area contributed by atoms with Crippen molar-refractivity contribution < 1.29 is 28.5 Å². The normalized spacial score (nSPS) is 12.7. The lowest BCUT2D eigenvalue weighted by molar-refractivity contribution is 0.0427. The minimum atomic E-state index is -3.17. The van der Waals surface area contributed by atoms with Crippen LogP contribution in [-0.2, 0) is 5.92 Å². The number of hydrogen-bond donors (Lipinski definition) is 2. The molecule has 0 spiro atoms. The third kappa shape index (κ3) is 5.56. The van der Waals surface area contributed by atoms with E-state index in [0.29, 0.717) is 24.5 Å². The van der Waals surface area contributed by atoms with Crippen molar-refractivity contribution in [1.29, 1.82) is 0 Å². The molecule has 2 aromatic rings. The second-order valence-electron chi connectivity index (χ2n) is 5.67. The highest BCUT2D eigenvalue weighted by atomic mass is 35.5. The van der Waals surface area contributed by atoms with Crippen molar-refractivity contribution in [2.45, 2.75) is 18.4 Å². The second-order valence-corrected chi connectivity index (χ2v) is 5.98. The highest BCUT2D eigenvalue weighted by Gasteiger charge is 2.33. The standard InChI is InChI=1S/C19H21ClF2O4/c20-12-16(24)13-26-18-8-4-15(5-9-18)19(21,22)14-2-6-17(7-3-14)25-11-1-10-23/h2-9,16,23-24H,1,10-13H2. The van der Waals surface area contributed by atoms with Crippen LogP contribution in [0.4, 0.5) is 8.78 Å². The monoisotopic (exact) mass is 386 g/mol. The van der Waals surface area contributed by atoms with Crippen molar-refractivity contribution in [3.05, 3.63) is 59.7 Å². The molecule has 142 valence electrons. The summed E-state index contributed by atoms with van der Waals surface area (Å²) >= 11 is 5.47. The topological polar surface area (TPSA) is 58.9 Å². The summed E-state index contributed by atoms with van der Waals surface area (Å²) in [5.74, 6) is -2.28. The zero-order valence-corrected chi connectivity index (χ0v) is 14.8. The molecule has 0 saturated carbocycles. The average Bonchev–Trinajstić information content (AvgIpc) is 2.67. The van der Waals surface area contributed by atoms with E-state index in [1.165, 1.54) is 48.5 Å². The van der Waals surface area contributed by atoms with E-state index in [9.17, 15) is 13.9 Å². The fourth-order valence-corrected chi connectivity index (χ4v) is 2.27. The van der Waals surface area contributed by atoms with E-state index >= 15 is 0 Å². The van der Waals surface area contributed by atoms with Crippen LogP contribution in [0.3, 0.4) is 0 Å². The van der Waals surface area contributed by atoms with Gasteiger partial charge in [-0.15, -0.1) is 11.6 Å². The minimum Gasteiger partial charge on any atom is -0.494 e. The first-order valence-electron chi connectivity index (χ1n) is 8.16. The van der Waals surface area contributed by atoms with Crippen LogP contribution in [0, 0.1) is 0 Å². The van der Waals surface area contributed by atoms with Crippen molar-refractivity contribution in [3.8, 4) is 11.5 Å². The SMILES string of the molecule is OCCCOc1ccc(C(F)(F)c2ccc(OCC(O)CCl)cc2)cc1. The van der Waals surface area contributed by atoms with Gasteiger partial charge < -0.3 is 19.7 Å². The largest absolute Gasteiger partial charge is 0.494 e. The molecule has 0 fully saturated rings. The van der Waals surface area contributed by atoms with Crippen molar-refractivity contribution >= 4 is 11.6 Å². The first kappa shape index (κ1) is 20.4. The molecular weight excluding hydrogens is 366 g/mol. The molecule has 4 nitrogen and oxygen atoms in total. The van der Waals surface area contributed by atoms with Crippen LogP contribution in [0.25, 0.3) is 0 Å². The summed E-state index contributed by atoms with van der Waals surface area (Å²) in [6.07, 6.45) is -0.329. The van der Waals surface area contributed by atoms with Gasteiger partial charge in [0.1, 0.15) is 24.2 Å². The summed E-state index contributed by atoms with van der Waals surface area (Å²) in [5.41, 5.74) is -0.324. The fourth-order valence-electron chi connectivity index (χ4n) is 2.18. The third-order valence-corrected chi connectivity index (χ3v) is 3.98. The van der Waals surface area contributed by atoms with Crippen LogP contribution in [-0.4, -0.2) is 42.0 Å². The van der Waals surface area contributed by atoms with E-state index in [0.717, 1.165) is 0 Å². The van der Waals surface area contributed by atoms with Crippen molar-refractivity contribution in [2.75, 3.05) is 25.7 Å². The van der Waals surface area contributed by atoms with Gasteiger partial charge in [0.15, 0.2) is 0 Å². The van der Waals surface area contributed by atoms with E-state index in [1.807, 2.05) is 0 Å². The van der Waals surface area contributed by atoms with Gasteiger partial charge in [0, 0.05) is 24.2 Å². The number of hydrogen-bond acceptors (Lipinski definition) is 4. The maximum Gasteiger partial charge on any atom is 0.298 e. The van der Waals surface area contributed by atoms with Gasteiger partial charge in [-0.2, -0.15) is 8.78 Å². The molecule has 0 radical (unpaired) electrons. The molecule has 0 heterocycles. The first-order chi connectivity index (χ1) is 12.5. The number of halogens is 3. The summed E-state index contributed by atoms with van der Waals surface area (Å²) in [4.78, 5) is 0. The molecule has 0 amide bonds. The van der Waals surface area contributed by atoms with Gasteiger partial charge in [0.25, 0.3) is 5.92 Å². The Morgan fingerprint density at radius 2 is 1.42 bits per heavy atom. The van der Waals surface area contributed by atoms with Gasteiger partial charge in [0.05, 0.1) is 12.5 Å². The van der Waals surface area contributed by atoms with E-state index in [4.69, 9.17) is 26.2 Å². The third-order valence-electron chi connectivity index (χ3n) is 3.63. The van der Waals surface area contributed by atoms with Crippen LogP contribution in [0.1, 0.15) is 17.5 Å². The molecule has 2 aromatic carbocycles. The Hall–Kier alpha value is -1.89. The zero-order valence-electron chi connectivity index (χ0n) is 14.1. The van der Waals surface area contributed by atoms with Crippen molar-refractivity contribution in [2.24, 2.45) is 0 Å². The number of benzene rings is 2. The summed E-state index contributed by atoms with van der Waals surface area (Å²) in [5, 5.41) is 18.1. The molecular formula is C19H21ClF2O4. The quantitative estimate of drug-likeness (QED) is 0.484. The second kappa shape index (κ2) is 9.71. The van der Waals surface area contributed by atoms with Crippen molar-refractivity contribution in [3.63, 3.8) is 0 Å². The van der Waals surface area contributed by atoms with Crippen LogP contribution in [0.2, 0.25) is 0 Å². The molecule has 2 N–H and O–H groups in total. The molecule has 0 aliphatic heterocycles. The van der Waals surface area contributed by atoms with E-state index in [1.54, 1.807) is 0 Å². The summed E-state index contributed by atoms with van der Waals surface area (Å²) < 4.78 is 39.9. The Kier molecular flexibility index (Phi) is 7.63. The molecule has 0 aliphatic carbocycles. The Balaban J connectivity index is 2.04. The van der Waals surface area contributed by atoms with Crippen LogP contribution >= 0.6 is 11.6 Å². The average molecular weight is 387 g/mol. The van der Waals surface area contributed by atoms with Gasteiger partial charge in [-0.1, -0.05) is 0 Å². The van der Waals surface area contributed by atoms with E-state index in [-0.39, 0.29) is 30.2 Å². The predicted molar refractivity (Wildman–Crippen MR) is 95.3 cm³/mol. The Morgan fingerprint density at radius 1 is 0.923 bits per heavy atom. The number of alkyl halides is 3. The Morgan fingerprint density at radius 3 is 1.88 bits per heavy atom. The van der Waals surface area contributed by atoms with Gasteiger partial charge in [-0.05, 0) is 48.5 Å². The lowest BCUT2D eigenvalue weighted by atomic mass is 10.0. The number of aliphatic hydroxyl groups excluding tert-OH is 2. The molecule has 26 heavy (non-hydrogen) atoms. The van der Waals surface area contributed by atoms with E-state index < -0.39 is 12.0 Å². The molecule has 2 rings (SSSR count). The molecule has 0 aromatic heterocycles. The lowest BCUT2D eigenvalue weighted by Gasteiger charge is -2.18. The minimum absolute atomic E-state index is 0.00299. The lowest BCUT2D eigenvalue weighted by Crippen LogP contribution is -2.19. The number of aliphatic hydroxyl groups is 2. The van der Waals surface area contributed by atoms with Crippen LogP contribution in [0.5, 0.6) is 11.5 Å². The maximum atomic E-state index is 14.7. The highest BCUT2D eigenvalue weighted by molar-refractivity contribution is 6.18.